The van der Waals surface area contributed by atoms with E-state index in [-0.39, 0.29) is 5.75 Å². The standard InChI is InChI=1S/C21H15ClN2O2S/c1-26-19-9-6-13(10-16(19)22)12-23-14-7-8-18(25)15(11-14)21-24-17-4-2-3-5-20(17)27-21/h2-12,25H,1H3. The minimum absolute atomic E-state index is 0.181. The molecule has 4 rings (SSSR count). The van der Waals surface area contributed by atoms with Gasteiger partial charge < -0.3 is 9.84 Å². The van der Waals surface area contributed by atoms with Gasteiger partial charge in [-0.2, -0.15) is 0 Å². The summed E-state index contributed by atoms with van der Waals surface area (Å²) in [5.74, 6) is 0.803. The Labute approximate surface area is 165 Å². The van der Waals surface area contributed by atoms with Gasteiger partial charge in [-0.1, -0.05) is 23.7 Å². The molecule has 134 valence electrons. The van der Waals surface area contributed by atoms with Gasteiger partial charge in [0.2, 0.25) is 0 Å². The van der Waals surface area contributed by atoms with Gasteiger partial charge in [-0.15, -0.1) is 11.3 Å². The fourth-order valence-corrected chi connectivity index (χ4v) is 3.93. The van der Waals surface area contributed by atoms with Crippen LogP contribution in [0, 0.1) is 0 Å². The highest BCUT2D eigenvalue weighted by atomic mass is 35.5. The number of methoxy groups -OCH3 is 1. The summed E-state index contributed by atoms with van der Waals surface area (Å²) in [5, 5.41) is 11.6. The van der Waals surface area contributed by atoms with Gasteiger partial charge in [0.1, 0.15) is 16.5 Å². The van der Waals surface area contributed by atoms with Crippen molar-refractivity contribution < 1.29 is 9.84 Å². The number of phenolic OH excluding ortho intramolecular Hbond substituents is 1. The van der Waals surface area contributed by atoms with E-state index in [1.54, 1.807) is 37.6 Å². The molecule has 0 aliphatic rings. The number of nitrogens with zero attached hydrogens (tertiary/aromatic N) is 2. The quantitative estimate of drug-likeness (QED) is 0.426. The Balaban J connectivity index is 1.67. The molecule has 4 aromatic rings. The van der Waals surface area contributed by atoms with Gasteiger partial charge in [-0.05, 0) is 54.1 Å². The van der Waals surface area contributed by atoms with Crippen molar-refractivity contribution in [2.75, 3.05) is 7.11 Å². The molecule has 0 atom stereocenters. The van der Waals surface area contributed by atoms with Crippen molar-refractivity contribution in [1.29, 1.82) is 0 Å². The highest BCUT2D eigenvalue weighted by Crippen LogP contribution is 2.37. The van der Waals surface area contributed by atoms with Crippen LogP contribution in [-0.4, -0.2) is 23.4 Å². The Morgan fingerprint density at radius 2 is 1.96 bits per heavy atom. The van der Waals surface area contributed by atoms with E-state index in [1.807, 2.05) is 36.4 Å². The number of fused-ring (bicyclic) bond motifs is 1. The monoisotopic (exact) mass is 394 g/mol. The zero-order valence-electron chi connectivity index (χ0n) is 14.4. The Hall–Kier alpha value is -2.89. The van der Waals surface area contributed by atoms with E-state index in [4.69, 9.17) is 16.3 Å². The third-order valence-electron chi connectivity index (χ3n) is 4.04. The molecule has 1 heterocycles. The van der Waals surface area contributed by atoms with E-state index in [2.05, 4.69) is 9.98 Å². The maximum absolute atomic E-state index is 10.3. The number of halogens is 1. The second kappa shape index (κ2) is 7.39. The largest absolute Gasteiger partial charge is 0.507 e. The van der Waals surface area contributed by atoms with Gasteiger partial charge in [-0.3, -0.25) is 4.99 Å². The number of benzene rings is 3. The number of ether oxygens (including phenoxy) is 1. The average Bonchev–Trinajstić information content (AvgIpc) is 3.11. The number of phenols is 1. The summed E-state index contributed by atoms with van der Waals surface area (Å²) in [6.07, 6.45) is 1.72. The van der Waals surface area contributed by atoms with Crippen LogP contribution in [0.3, 0.4) is 0 Å². The topological polar surface area (TPSA) is 54.7 Å². The fourth-order valence-electron chi connectivity index (χ4n) is 2.68. The third kappa shape index (κ3) is 3.65. The summed E-state index contributed by atoms with van der Waals surface area (Å²) >= 11 is 7.69. The van der Waals surface area contributed by atoms with E-state index < -0.39 is 0 Å². The SMILES string of the molecule is COc1ccc(C=Nc2ccc(O)c(-c3nc4ccccc4s3)c2)cc1Cl. The maximum Gasteiger partial charge on any atom is 0.137 e. The lowest BCUT2D eigenvalue weighted by Crippen LogP contribution is -1.86. The van der Waals surface area contributed by atoms with Gasteiger partial charge in [0.05, 0.1) is 33.6 Å². The first-order chi connectivity index (χ1) is 13.1. The normalized spacial score (nSPS) is 11.3. The Bertz CT molecular complexity index is 1120. The second-order valence-corrected chi connectivity index (χ2v) is 7.28. The predicted molar refractivity (Wildman–Crippen MR) is 112 cm³/mol. The fraction of sp³-hybridized carbons (Fsp3) is 0.0476. The molecule has 1 N–H and O–H groups in total. The van der Waals surface area contributed by atoms with Crippen LogP contribution in [0.5, 0.6) is 11.5 Å². The number of para-hydroxylation sites is 1. The predicted octanol–water partition coefficient (Wildman–Crippen LogP) is 6.08. The van der Waals surface area contributed by atoms with E-state index >= 15 is 0 Å². The summed E-state index contributed by atoms with van der Waals surface area (Å²) in [5.41, 5.74) is 3.15. The van der Waals surface area contributed by atoms with E-state index in [0.29, 0.717) is 22.0 Å². The molecule has 0 saturated carbocycles. The van der Waals surface area contributed by atoms with E-state index in [1.165, 1.54) is 11.3 Å². The Morgan fingerprint density at radius 1 is 1.11 bits per heavy atom. The number of hydrogen-bond acceptors (Lipinski definition) is 5. The van der Waals surface area contributed by atoms with Gasteiger partial charge in [0, 0.05) is 6.21 Å². The van der Waals surface area contributed by atoms with Crippen molar-refractivity contribution in [3.8, 4) is 22.1 Å². The number of aromatic nitrogens is 1. The van der Waals surface area contributed by atoms with Crippen LogP contribution in [0.4, 0.5) is 5.69 Å². The lowest BCUT2D eigenvalue weighted by atomic mass is 10.2. The molecule has 0 radical (unpaired) electrons. The summed E-state index contributed by atoms with van der Waals surface area (Å²) in [4.78, 5) is 9.10. The van der Waals surface area contributed by atoms with Crippen LogP contribution < -0.4 is 4.74 Å². The molecule has 6 heteroatoms. The highest BCUT2D eigenvalue weighted by Gasteiger charge is 2.11. The minimum Gasteiger partial charge on any atom is -0.507 e. The zero-order chi connectivity index (χ0) is 18.8. The van der Waals surface area contributed by atoms with Crippen molar-refractivity contribution in [1.82, 2.24) is 4.98 Å². The van der Waals surface area contributed by atoms with Crippen LogP contribution in [0.2, 0.25) is 5.02 Å². The maximum atomic E-state index is 10.3. The average molecular weight is 395 g/mol. The lowest BCUT2D eigenvalue weighted by Gasteiger charge is -2.04. The second-order valence-electron chi connectivity index (χ2n) is 5.84. The molecule has 4 nitrogen and oxygen atoms in total. The van der Waals surface area contributed by atoms with Gasteiger partial charge in [0.15, 0.2) is 0 Å². The summed E-state index contributed by atoms with van der Waals surface area (Å²) in [6, 6.07) is 18.6. The molecule has 0 bridgehead atoms. The van der Waals surface area contributed by atoms with Crippen molar-refractivity contribution in [2.24, 2.45) is 4.99 Å². The molecule has 0 saturated heterocycles. The number of hydrogen-bond donors (Lipinski definition) is 1. The number of aromatic hydroxyl groups is 1. The Morgan fingerprint density at radius 3 is 2.74 bits per heavy atom. The van der Waals surface area contributed by atoms with Crippen LogP contribution >= 0.6 is 22.9 Å². The highest BCUT2D eigenvalue weighted by molar-refractivity contribution is 7.21. The molecule has 3 aromatic carbocycles. The van der Waals surface area contributed by atoms with Crippen molar-refractivity contribution in [3.05, 3.63) is 71.2 Å². The Kier molecular flexibility index (Phi) is 4.79. The van der Waals surface area contributed by atoms with Gasteiger partial charge in [0.25, 0.3) is 0 Å². The molecule has 0 aliphatic carbocycles. The first kappa shape index (κ1) is 17.5. The van der Waals surface area contributed by atoms with Crippen LogP contribution in [0.15, 0.2) is 65.7 Å². The summed E-state index contributed by atoms with van der Waals surface area (Å²) in [6.45, 7) is 0. The van der Waals surface area contributed by atoms with Gasteiger partial charge >= 0.3 is 0 Å². The van der Waals surface area contributed by atoms with Crippen LogP contribution in [0.25, 0.3) is 20.8 Å². The molecule has 0 aliphatic heterocycles. The van der Waals surface area contributed by atoms with Crippen molar-refractivity contribution in [3.63, 3.8) is 0 Å². The molecule has 1 aromatic heterocycles. The van der Waals surface area contributed by atoms with Crippen LogP contribution in [-0.2, 0) is 0 Å². The van der Waals surface area contributed by atoms with Crippen LogP contribution in [0.1, 0.15) is 5.56 Å². The smallest absolute Gasteiger partial charge is 0.137 e. The number of aliphatic imine (C=N–C) groups is 1. The van der Waals surface area contributed by atoms with Gasteiger partial charge in [-0.25, -0.2) is 4.98 Å². The molecular formula is C21H15ClN2O2S. The first-order valence-corrected chi connectivity index (χ1v) is 9.40. The van der Waals surface area contributed by atoms with E-state index in [9.17, 15) is 5.11 Å². The van der Waals surface area contributed by atoms with E-state index in [0.717, 1.165) is 20.8 Å². The molecule has 0 spiro atoms. The molecular weight excluding hydrogens is 380 g/mol. The summed E-state index contributed by atoms with van der Waals surface area (Å²) in [7, 11) is 1.58. The third-order valence-corrected chi connectivity index (χ3v) is 5.41. The zero-order valence-corrected chi connectivity index (χ0v) is 16.0. The molecule has 0 amide bonds. The number of rotatable bonds is 4. The minimum atomic E-state index is 0.181. The first-order valence-electron chi connectivity index (χ1n) is 8.20. The molecule has 0 unspecified atom stereocenters. The number of thiazole rings is 1. The molecule has 0 fully saturated rings. The summed E-state index contributed by atoms with van der Waals surface area (Å²) < 4.78 is 6.23. The lowest BCUT2D eigenvalue weighted by molar-refractivity contribution is 0.415. The molecule has 27 heavy (non-hydrogen) atoms. The van der Waals surface area contributed by atoms with Crippen molar-refractivity contribution in [2.45, 2.75) is 0 Å². The van der Waals surface area contributed by atoms with Crippen molar-refractivity contribution >= 4 is 45.1 Å².